The van der Waals surface area contributed by atoms with Gasteiger partial charge in [0.25, 0.3) is 0 Å². The highest BCUT2D eigenvalue weighted by atomic mass is 35.5. The number of rotatable bonds is 0. The van der Waals surface area contributed by atoms with E-state index in [1.807, 2.05) is 24.3 Å². The molecule has 0 amide bonds. The van der Waals surface area contributed by atoms with Crippen LogP contribution in [-0.4, -0.2) is 18.0 Å². The van der Waals surface area contributed by atoms with Crippen molar-refractivity contribution in [2.75, 3.05) is 18.2 Å². The Bertz CT molecular complexity index is 511. The Morgan fingerprint density at radius 1 is 1.19 bits per heavy atom. The first-order chi connectivity index (χ1) is 7.86. The number of alkyl halides is 1. The second kappa shape index (κ2) is 4.62. The predicted octanol–water partition coefficient (Wildman–Crippen LogP) is 3.37. The summed E-state index contributed by atoms with van der Waals surface area (Å²) in [4.78, 5) is 0. The number of hydrogen-bond acceptors (Lipinski definition) is 2. The molecule has 3 rings (SSSR count). The Morgan fingerprint density at radius 2 is 1.88 bits per heavy atom. The van der Waals surface area contributed by atoms with Gasteiger partial charge in [-0.15, -0.1) is 11.6 Å². The van der Waals surface area contributed by atoms with Crippen molar-refractivity contribution in [3.63, 3.8) is 0 Å². The highest BCUT2D eigenvalue weighted by Crippen LogP contribution is 2.36. The number of fused-ring (bicyclic) bond motifs is 3. The van der Waals surface area contributed by atoms with E-state index in [4.69, 9.17) is 0 Å². The Kier molecular flexibility index (Phi) is 3.20. The van der Waals surface area contributed by atoms with E-state index in [0.717, 1.165) is 24.0 Å². The maximum absolute atomic E-state index is 9.80. The van der Waals surface area contributed by atoms with E-state index in [9.17, 15) is 5.11 Å². The number of aromatic hydroxyl groups is 1. The molecule has 1 aliphatic heterocycles. The SMILES string of the molecule is CCl.Oc1cc2c(c3ccccc13)CCN2. The van der Waals surface area contributed by atoms with Crippen LogP contribution in [0.2, 0.25) is 0 Å². The number of anilines is 1. The van der Waals surface area contributed by atoms with Crippen molar-refractivity contribution >= 4 is 28.1 Å². The molecular formula is C13H14ClNO. The summed E-state index contributed by atoms with van der Waals surface area (Å²) in [5.74, 6) is 0.369. The van der Waals surface area contributed by atoms with Gasteiger partial charge in [0.2, 0.25) is 0 Å². The van der Waals surface area contributed by atoms with E-state index in [1.54, 1.807) is 0 Å². The lowest BCUT2D eigenvalue weighted by Gasteiger charge is -2.06. The molecule has 16 heavy (non-hydrogen) atoms. The summed E-state index contributed by atoms with van der Waals surface area (Å²) in [6.45, 7) is 0.975. The molecule has 84 valence electrons. The molecule has 0 aromatic heterocycles. The topological polar surface area (TPSA) is 32.3 Å². The van der Waals surface area contributed by atoms with Crippen LogP contribution < -0.4 is 5.32 Å². The zero-order valence-electron chi connectivity index (χ0n) is 9.13. The molecule has 0 saturated heterocycles. The van der Waals surface area contributed by atoms with Gasteiger partial charge >= 0.3 is 0 Å². The minimum absolute atomic E-state index is 0.369. The van der Waals surface area contributed by atoms with Gasteiger partial charge in [-0.2, -0.15) is 0 Å². The molecule has 3 heteroatoms. The van der Waals surface area contributed by atoms with Crippen molar-refractivity contribution in [3.8, 4) is 5.75 Å². The average Bonchev–Trinajstić information content (AvgIpc) is 2.80. The van der Waals surface area contributed by atoms with Crippen molar-refractivity contribution in [3.05, 3.63) is 35.9 Å². The molecule has 0 unspecified atom stereocenters. The largest absolute Gasteiger partial charge is 0.507 e. The van der Waals surface area contributed by atoms with Crippen molar-refractivity contribution < 1.29 is 5.11 Å². The number of hydrogen-bond donors (Lipinski definition) is 2. The van der Waals surface area contributed by atoms with E-state index in [2.05, 4.69) is 23.0 Å². The lowest BCUT2D eigenvalue weighted by Crippen LogP contribution is -1.90. The summed E-state index contributed by atoms with van der Waals surface area (Å²) in [5.41, 5.74) is 2.42. The molecule has 0 bridgehead atoms. The summed E-state index contributed by atoms with van der Waals surface area (Å²) in [7, 11) is 0. The van der Waals surface area contributed by atoms with E-state index in [1.165, 1.54) is 17.3 Å². The fraction of sp³-hybridized carbons (Fsp3) is 0.231. The van der Waals surface area contributed by atoms with Crippen LogP contribution in [0, 0.1) is 0 Å². The maximum Gasteiger partial charge on any atom is 0.125 e. The smallest absolute Gasteiger partial charge is 0.125 e. The van der Waals surface area contributed by atoms with Gasteiger partial charge in [-0.05, 0) is 17.4 Å². The third-order valence-electron chi connectivity index (χ3n) is 2.82. The quantitative estimate of drug-likeness (QED) is 0.687. The van der Waals surface area contributed by atoms with Crippen LogP contribution >= 0.6 is 11.6 Å². The highest BCUT2D eigenvalue weighted by molar-refractivity contribution is 6.15. The van der Waals surface area contributed by atoms with Gasteiger partial charge in [0.15, 0.2) is 0 Å². The molecule has 0 radical (unpaired) electrons. The van der Waals surface area contributed by atoms with Crippen LogP contribution in [0.5, 0.6) is 5.75 Å². The lowest BCUT2D eigenvalue weighted by atomic mass is 10.0. The first kappa shape index (κ1) is 11.1. The molecule has 2 aromatic carbocycles. The van der Waals surface area contributed by atoms with E-state index < -0.39 is 0 Å². The third-order valence-corrected chi connectivity index (χ3v) is 2.82. The van der Waals surface area contributed by atoms with Crippen LogP contribution in [0.15, 0.2) is 30.3 Å². The second-order valence-electron chi connectivity index (χ2n) is 3.64. The number of benzene rings is 2. The van der Waals surface area contributed by atoms with Gasteiger partial charge in [-0.1, -0.05) is 24.3 Å². The first-order valence-corrected chi connectivity index (χ1v) is 5.97. The Labute approximate surface area is 99.9 Å². The molecule has 0 fully saturated rings. The van der Waals surface area contributed by atoms with Gasteiger partial charge in [0.05, 0.1) is 0 Å². The predicted molar refractivity (Wildman–Crippen MR) is 69.6 cm³/mol. The van der Waals surface area contributed by atoms with Gasteiger partial charge in [0, 0.05) is 30.1 Å². The third kappa shape index (κ3) is 1.69. The van der Waals surface area contributed by atoms with Gasteiger partial charge < -0.3 is 10.4 Å². The van der Waals surface area contributed by atoms with Crippen LogP contribution in [0.1, 0.15) is 5.56 Å². The summed E-state index contributed by atoms with van der Waals surface area (Å²) in [6.07, 6.45) is 2.52. The molecular weight excluding hydrogens is 222 g/mol. The van der Waals surface area contributed by atoms with Gasteiger partial charge in [0.1, 0.15) is 5.75 Å². The molecule has 2 nitrogen and oxygen atoms in total. The average molecular weight is 236 g/mol. The van der Waals surface area contributed by atoms with Crippen molar-refractivity contribution in [2.45, 2.75) is 6.42 Å². The first-order valence-electron chi connectivity index (χ1n) is 5.21. The molecule has 1 heterocycles. The highest BCUT2D eigenvalue weighted by Gasteiger charge is 2.15. The summed E-state index contributed by atoms with van der Waals surface area (Å²) in [5, 5.41) is 15.2. The fourth-order valence-electron chi connectivity index (χ4n) is 2.17. The fourth-order valence-corrected chi connectivity index (χ4v) is 2.17. The van der Waals surface area contributed by atoms with Crippen molar-refractivity contribution in [1.29, 1.82) is 0 Å². The minimum atomic E-state index is 0.369. The van der Waals surface area contributed by atoms with Crippen LogP contribution in [-0.2, 0) is 6.42 Å². The number of phenolic OH excluding ortho intramolecular Hbond substituents is 1. The minimum Gasteiger partial charge on any atom is -0.507 e. The molecule has 0 spiro atoms. The van der Waals surface area contributed by atoms with Crippen molar-refractivity contribution in [2.24, 2.45) is 0 Å². The van der Waals surface area contributed by atoms with Gasteiger partial charge in [-0.3, -0.25) is 0 Å². The maximum atomic E-state index is 9.80. The van der Waals surface area contributed by atoms with Gasteiger partial charge in [-0.25, -0.2) is 0 Å². The molecule has 0 saturated carbocycles. The second-order valence-corrected chi connectivity index (χ2v) is 3.64. The zero-order chi connectivity index (χ0) is 11.5. The summed E-state index contributed by atoms with van der Waals surface area (Å²) in [6, 6.07) is 9.83. The van der Waals surface area contributed by atoms with E-state index in [0.29, 0.717) is 5.75 Å². The van der Waals surface area contributed by atoms with Crippen LogP contribution in [0.4, 0.5) is 5.69 Å². The lowest BCUT2D eigenvalue weighted by molar-refractivity contribution is 0.482. The number of nitrogens with one attached hydrogen (secondary N) is 1. The number of phenols is 1. The Morgan fingerprint density at radius 3 is 2.62 bits per heavy atom. The molecule has 0 aliphatic carbocycles. The Hall–Kier alpha value is -1.41. The normalized spacial score (nSPS) is 12.6. The molecule has 1 aliphatic rings. The monoisotopic (exact) mass is 235 g/mol. The van der Waals surface area contributed by atoms with E-state index in [-0.39, 0.29) is 0 Å². The van der Waals surface area contributed by atoms with E-state index >= 15 is 0 Å². The number of halogens is 1. The van der Waals surface area contributed by atoms with Crippen LogP contribution in [0.25, 0.3) is 10.8 Å². The Balaban J connectivity index is 0.000000457. The van der Waals surface area contributed by atoms with Crippen LogP contribution in [0.3, 0.4) is 0 Å². The molecule has 2 aromatic rings. The van der Waals surface area contributed by atoms with Crippen molar-refractivity contribution in [1.82, 2.24) is 0 Å². The summed E-state index contributed by atoms with van der Waals surface area (Å²) >= 11 is 4.64. The zero-order valence-corrected chi connectivity index (χ0v) is 9.88. The standard InChI is InChI=1S/C12H11NO.CH3Cl/c14-12-7-11-9(5-6-13-11)8-3-1-2-4-10(8)12;1-2/h1-4,7,13-14H,5-6H2;1H3. The molecule has 0 atom stereocenters. The summed E-state index contributed by atoms with van der Waals surface area (Å²) < 4.78 is 0. The molecule has 2 N–H and O–H groups in total.